The Hall–Kier alpha value is -3.79. The molecular weight excluding hydrogens is 452 g/mol. The van der Waals surface area contributed by atoms with E-state index >= 15 is 0 Å². The van der Waals surface area contributed by atoms with Gasteiger partial charge in [0.1, 0.15) is 11.1 Å². The minimum Gasteiger partial charge on any atom is -0.326 e. The van der Waals surface area contributed by atoms with E-state index in [1.54, 1.807) is 12.1 Å². The monoisotopic (exact) mass is 470 g/mol. The third-order valence-electron chi connectivity index (χ3n) is 5.47. The molecule has 0 aromatic heterocycles. The van der Waals surface area contributed by atoms with E-state index in [-0.39, 0.29) is 29.0 Å². The van der Waals surface area contributed by atoms with E-state index in [1.807, 2.05) is 0 Å². The van der Waals surface area contributed by atoms with Crippen molar-refractivity contribution in [3.8, 4) is 0 Å². The molecule has 1 unspecified atom stereocenters. The lowest BCUT2D eigenvalue weighted by Crippen LogP contribution is -2.46. The number of imide groups is 1. The molecular formula is C22H19ClN4O6. The van der Waals surface area contributed by atoms with Gasteiger partial charge in [-0.1, -0.05) is 11.6 Å². The molecule has 1 aliphatic carbocycles. The van der Waals surface area contributed by atoms with Gasteiger partial charge >= 0.3 is 0 Å². The standard InChI is InChI=1S/C22H19ClN4O6/c1-12(28)24-14-3-5-16(6-4-14)26-20(29)11-19(22(26)31)25(15-7-8-15)21(30)13-2-9-17(23)18(10-13)27(32)33/h2-6,9-10,15,19H,7-8,11H2,1H3,(H,24,28). The summed E-state index contributed by atoms with van der Waals surface area (Å²) in [4.78, 5) is 63.4. The van der Waals surface area contributed by atoms with Crippen LogP contribution in [0, 0.1) is 10.1 Å². The van der Waals surface area contributed by atoms with Crippen molar-refractivity contribution in [2.24, 2.45) is 0 Å². The Balaban J connectivity index is 1.61. The number of hydrogen-bond donors (Lipinski definition) is 1. The topological polar surface area (TPSA) is 130 Å². The van der Waals surface area contributed by atoms with Gasteiger partial charge < -0.3 is 10.2 Å². The molecule has 0 spiro atoms. The normalized spacial score (nSPS) is 17.8. The van der Waals surface area contributed by atoms with Crippen LogP contribution < -0.4 is 10.2 Å². The molecule has 11 heteroatoms. The maximum atomic E-state index is 13.3. The molecule has 2 aromatic rings. The van der Waals surface area contributed by atoms with Crippen molar-refractivity contribution in [1.29, 1.82) is 0 Å². The van der Waals surface area contributed by atoms with E-state index in [4.69, 9.17) is 11.6 Å². The van der Waals surface area contributed by atoms with Crippen LogP contribution >= 0.6 is 11.6 Å². The zero-order valence-electron chi connectivity index (χ0n) is 17.5. The lowest BCUT2D eigenvalue weighted by Gasteiger charge is -2.27. The first-order valence-electron chi connectivity index (χ1n) is 10.2. The first-order valence-corrected chi connectivity index (χ1v) is 10.6. The number of nitro groups is 1. The van der Waals surface area contributed by atoms with Crippen molar-refractivity contribution in [1.82, 2.24) is 4.90 Å². The predicted octanol–water partition coefficient (Wildman–Crippen LogP) is 3.14. The fourth-order valence-electron chi connectivity index (χ4n) is 3.85. The first kappa shape index (κ1) is 22.4. The minimum absolute atomic E-state index is 0.0244. The number of nitro benzene ring substituents is 1. The van der Waals surface area contributed by atoms with Crippen molar-refractivity contribution >= 4 is 52.3 Å². The molecule has 10 nitrogen and oxygen atoms in total. The van der Waals surface area contributed by atoms with Crippen molar-refractivity contribution in [3.63, 3.8) is 0 Å². The quantitative estimate of drug-likeness (QED) is 0.392. The van der Waals surface area contributed by atoms with Crippen molar-refractivity contribution < 1.29 is 24.1 Å². The number of nitrogens with zero attached hydrogens (tertiary/aromatic N) is 3. The zero-order chi connectivity index (χ0) is 23.9. The van der Waals surface area contributed by atoms with E-state index in [9.17, 15) is 29.3 Å². The van der Waals surface area contributed by atoms with E-state index in [2.05, 4.69) is 5.32 Å². The number of nitrogens with one attached hydrogen (secondary N) is 1. The summed E-state index contributed by atoms with van der Waals surface area (Å²) in [7, 11) is 0. The lowest BCUT2D eigenvalue weighted by molar-refractivity contribution is -0.384. The Bertz CT molecular complexity index is 1180. The molecule has 1 saturated heterocycles. The number of carbonyl (C=O) groups excluding carboxylic acids is 4. The molecule has 0 bridgehead atoms. The van der Waals surface area contributed by atoms with Crippen molar-refractivity contribution in [3.05, 3.63) is 63.2 Å². The Labute approximate surface area is 193 Å². The summed E-state index contributed by atoms with van der Waals surface area (Å²) in [6, 6.07) is 8.70. The molecule has 4 rings (SSSR count). The van der Waals surface area contributed by atoms with E-state index in [0.29, 0.717) is 24.2 Å². The smallest absolute Gasteiger partial charge is 0.288 e. The summed E-state index contributed by atoms with van der Waals surface area (Å²) in [6.45, 7) is 1.37. The third-order valence-corrected chi connectivity index (χ3v) is 5.79. The number of anilines is 2. The molecule has 2 aromatic carbocycles. The lowest BCUT2D eigenvalue weighted by atomic mass is 10.1. The predicted molar refractivity (Wildman–Crippen MR) is 119 cm³/mol. The number of halogens is 1. The number of carbonyl (C=O) groups is 4. The third kappa shape index (κ3) is 4.42. The van der Waals surface area contributed by atoms with Gasteiger partial charge in [-0.3, -0.25) is 29.3 Å². The van der Waals surface area contributed by atoms with Crippen LogP contribution in [0.1, 0.15) is 36.5 Å². The van der Waals surface area contributed by atoms with Crippen LogP contribution in [0.2, 0.25) is 5.02 Å². The second kappa shape index (κ2) is 8.62. The molecule has 1 aliphatic heterocycles. The van der Waals surface area contributed by atoms with Crippen LogP contribution in [0.25, 0.3) is 0 Å². The summed E-state index contributed by atoms with van der Waals surface area (Å²) < 4.78 is 0. The molecule has 4 amide bonds. The molecule has 1 saturated carbocycles. The van der Waals surface area contributed by atoms with Gasteiger partial charge in [-0.25, -0.2) is 4.90 Å². The van der Waals surface area contributed by atoms with Crippen molar-refractivity contribution in [2.75, 3.05) is 10.2 Å². The van der Waals surface area contributed by atoms with Gasteiger partial charge in [0.2, 0.25) is 11.8 Å². The van der Waals surface area contributed by atoms with E-state index in [1.165, 1.54) is 36.1 Å². The number of hydrogen-bond acceptors (Lipinski definition) is 6. The highest BCUT2D eigenvalue weighted by atomic mass is 35.5. The maximum Gasteiger partial charge on any atom is 0.288 e. The fraction of sp³-hybridized carbons (Fsp3) is 0.273. The number of benzene rings is 2. The Morgan fingerprint density at radius 1 is 1.15 bits per heavy atom. The van der Waals surface area contributed by atoms with Crippen LogP contribution in [0.5, 0.6) is 0 Å². The molecule has 33 heavy (non-hydrogen) atoms. The van der Waals surface area contributed by atoms with E-state index < -0.39 is 34.4 Å². The summed E-state index contributed by atoms with van der Waals surface area (Å²) in [5, 5.41) is 13.7. The average Bonchev–Trinajstić information content (AvgIpc) is 3.54. The summed E-state index contributed by atoms with van der Waals surface area (Å²) >= 11 is 5.85. The highest BCUT2D eigenvalue weighted by Gasteiger charge is 2.49. The van der Waals surface area contributed by atoms with Crippen LogP contribution in [-0.4, -0.2) is 45.5 Å². The average molecular weight is 471 g/mol. The molecule has 2 fully saturated rings. The van der Waals surface area contributed by atoms with Gasteiger partial charge in [0, 0.05) is 30.3 Å². The summed E-state index contributed by atoms with van der Waals surface area (Å²) in [5.41, 5.74) is 0.456. The Kier molecular flexibility index (Phi) is 5.86. The van der Waals surface area contributed by atoms with Crippen LogP contribution in [0.4, 0.5) is 17.1 Å². The maximum absolute atomic E-state index is 13.3. The largest absolute Gasteiger partial charge is 0.326 e. The van der Waals surface area contributed by atoms with Crippen LogP contribution in [-0.2, 0) is 14.4 Å². The summed E-state index contributed by atoms with van der Waals surface area (Å²) in [6.07, 6.45) is 1.15. The molecule has 2 aliphatic rings. The number of amides is 4. The van der Waals surface area contributed by atoms with E-state index in [0.717, 1.165) is 11.0 Å². The molecule has 1 N–H and O–H groups in total. The highest BCUT2D eigenvalue weighted by molar-refractivity contribution is 6.32. The second-order valence-corrected chi connectivity index (χ2v) is 8.29. The fourth-order valence-corrected chi connectivity index (χ4v) is 4.04. The molecule has 1 heterocycles. The Morgan fingerprint density at radius 2 is 1.82 bits per heavy atom. The van der Waals surface area contributed by atoms with Crippen LogP contribution in [0.3, 0.4) is 0 Å². The van der Waals surface area contributed by atoms with Gasteiger partial charge in [-0.2, -0.15) is 0 Å². The highest BCUT2D eigenvalue weighted by Crippen LogP contribution is 2.36. The van der Waals surface area contributed by atoms with Gasteiger partial charge in [0.05, 0.1) is 17.0 Å². The molecule has 0 radical (unpaired) electrons. The van der Waals surface area contributed by atoms with Gasteiger partial charge in [-0.05, 0) is 49.2 Å². The van der Waals surface area contributed by atoms with Gasteiger partial charge in [0.15, 0.2) is 0 Å². The second-order valence-electron chi connectivity index (χ2n) is 7.88. The summed E-state index contributed by atoms with van der Waals surface area (Å²) in [5.74, 6) is -1.82. The molecule has 170 valence electrons. The Morgan fingerprint density at radius 3 is 2.39 bits per heavy atom. The zero-order valence-corrected chi connectivity index (χ0v) is 18.2. The van der Waals surface area contributed by atoms with Gasteiger partial charge in [0.25, 0.3) is 17.5 Å². The first-order chi connectivity index (χ1) is 15.7. The van der Waals surface area contributed by atoms with Crippen LogP contribution in [0.15, 0.2) is 42.5 Å². The molecule has 1 atom stereocenters. The van der Waals surface area contributed by atoms with Gasteiger partial charge in [-0.15, -0.1) is 0 Å². The SMILES string of the molecule is CC(=O)Nc1ccc(N2C(=O)CC(N(C(=O)c3ccc(Cl)c([N+](=O)[O-])c3)C3CC3)C2=O)cc1. The van der Waals surface area contributed by atoms with Crippen molar-refractivity contribution in [2.45, 2.75) is 38.3 Å². The minimum atomic E-state index is -1.01. The number of rotatable bonds is 6.